The molecule has 1 amide bonds. The van der Waals surface area contributed by atoms with Crippen molar-refractivity contribution >= 4 is 29.0 Å². The zero-order valence-corrected chi connectivity index (χ0v) is 16.7. The molecule has 0 bridgehead atoms. The van der Waals surface area contributed by atoms with E-state index in [-0.39, 0.29) is 5.91 Å². The Morgan fingerprint density at radius 3 is 2.59 bits per heavy atom. The van der Waals surface area contributed by atoms with Crippen LogP contribution in [0, 0.1) is 0 Å². The Morgan fingerprint density at radius 1 is 1.00 bits per heavy atom. The van der Waals surface area contributed by atoms with Gasteiger partial charge in [-0.3, -0.25) is 4.79 Å². The number of anilines is 4. The van der Waals surface area contributed by atoms with Crippen molar-refractivity contribution in [2.45, 2.75) is 6.42 Å². The standard InChI is InChI=1S/C22H26N6O/c1-28(2)16-21(29)25-18-9-6-10-19(15-18)26-22-24-14-12-20(27-22)23-13-11-17-7-4-3-5-8-17/h3-10,12,14-15H,11,13,16H2,1-2H3,(H,25,29)(H2,23,24,26,27). The molecule has 0 radical (unpaired) electrons. The monoisotopic (exact) mass is 390 g/mol. The predicted molar refractivity (Wildman–Crippen MR) is 118 cm³/mol. The molecule has 0 saturated heterocycles. The minimum absolute atomic E-state index is 0.0620. The highest BCUT2D eigenvalue weighted by molar-refractivity contribution is 5.92. The molecule has 7 nitrogen and oxygen atoms in total. The molecule has 150 valence electrons. The van der Waals surface area contributed by atoms with E-state index in [2.05, 4.69) is 38.1 Å². The van der Waals surface area contributed by atoms with E-state index < -0.39 is 0 Å². The van der Waals surface area contributed by atoms with Crippen LogP contribution in [0.15, 0.2) is 66.9 Å². The van der Waals surface area contributed by atoms with Gasteiger partial charge in [0.05, 0.1) is 6.54 Å². The van der Waals surface area contributed by atoms with Crippen molar-refractivity contribution in [2.24, 2.45) is 0 Å². The Morgan fingerprint density at radius 2 is 1.79 bits per heavy atom. The van der Waals surface area contributed by atoms with E-state index >= 15 is 0 Å². The molecule has 0 aliphatic carbocycles. The summed E-state index contributed by atoms with van der Waals surface area (Å²) in [5, 5.41) is 9.39. The second-order valence-electron chi connectivity index (χ2n) is 6.92. The molecular weight excluding hydrogens is 364 g/mol. The maximum atomic E-state index is 11.9. The number of hydrogen-bond acceptors (Lipinski definition) is 6. The minimum Gasteiger partial charge on any atom is -0.370 e. The van der Waals surface area contributed by atoms with Crippen molar-refractivity contribution in [2.75, 3.05) is 43.1 Å². The number of aromatic nitrogens is 2. The molecule has 0 unspecified atom stereocenters. The molecule has 29 heavy (non-hydrogen) atoms. The van der Waals surface area contributed by atoms with Crippen LogP contribution in [0.1, 0.15) is 5.56 Å². The number of amides is 1. The summed E-state index contributed by atoms with van der Waals surface area (Å²) < 4.78 is 0. The molecule has 1 aromatic heterocycles. The number of benzene rings is 2. The Kier molecular flexibility index (Phi) is 7.13. The highest BCUT2D eigenvalue weighted by atomic mass is 16.2. The summed E-state index contributed by atoms with van der Waals surface area (Å²) in [7, 11) is 3.71. The topological polar surface area (TPSA) is 82.2 Å². The van der Waals surface area contributed by atoms with Crippen LogP contribution in [0.2, 0.25) is 0 Å². The van der Waals surface area contributed by atoms with Crippen molar-refractivity contribution < 1.29 is 4.79 Å². The van der Waals surface area contributed by atoms with Gasteiger partial charge >= 0.3 is 0 Å². The van der Waals surface area contributed by atoms with Crippen molar-refractivity contribution in [3.8, 4) is 0 Å². The molecule has 3 rings (SSSR count). The second kappa shape index (κ2) is 10.2. The Balaban J connectivity index is 1.57. The third kappa shape index (κ3) is 6.90. The van der Waals surface area contributed by atoms with Crippen LogP contribution in [0.25, 0.3) is 0 Å². The van der Waals surface area contributed by atoms with Gasteiger partial charge in [0.1, 0.15) is 5.82 Å². The molecular formula is C22H26N6O. The first-order chi connectivity index (χ1) is 14.1. The van der Waals surface area contributed by atoms with Gasteiger partial charge in [-0.1, -0.05) is 36.4 Å². The van der Waals surface area contributed by atoms with Gasteiger partial charge in [-0.05, 0) is 50.3 Å². The largest absolute Gasteiger partial charge is 0.370 e. The maximum Gasteiger partial charge on any atom is 0.238 e. The van der Waals surface area contributed by atoms with Crippen LogP contribution in [-0.2, 0) is 11.2 Å². The minimum atomic E-state index is -0.0620. The molecule has 0 aliphatic rings. The van der Waals surface area contributed by atoms with Crippen LogP contribution in [-0.4, -0.2) is 48.0 Å². The van der Waals surface area contributed by atoms with Gasteiger partial charge < -0.3 is 20.9 Å². The van der Waals surface area contributed by atoms with Gasteiger partial charge in [-0.2, -0.15) is 4.98 Å². The zero-order valence-electron chi connectivity index (χ0n) is 16.7. The van der Waals surface area contributed by atoms with Crippen molar-refractivity contribution in [1.82, 2.24) is 14.9 Å². The molecule has 0 saturated carbocycles. The zero-order chi connectivity index (χ0) is 20.5. The smallest absolute Gasteiger partial charge is 0.238 e. The molecule has 0 atom stereocenters. The van der Waals surface area contributed by atoms with E-state index in [0.717, 1.165) is 30.2 Å². The van der Waals surface area contributed by atoms with E-state index in [1.807, 2.05) is 67.5 Å². The van der Waals surface area contributed by atoms with E-state index in [1.165, 1.54) is 5.56 Å². The molecule has 0 fully saturated rings. The first-order valence-corrected chi connectivity index (χ1v) is 9.51. The second-order valence-corrected chi connectivity index (χ2v) is 6.92. The summed E-state index contributed by atoms with van der Waals surface area (Å²) in [6.45, 7) is 1.12. The van der Waals surface area contributed by atoms with E-state index in [0.29, 0.717) is 12.5 Å². The van der Waals surface area contributed by atoms with E-state index in [4.69, 9.17) is 0 Å². The highest BCUT2D eigenvalue weighted by Crippen LogP contribution is 2.18. The third-order valence-electron chi connectivity index (χ3n) is 4.08. The number of nitrogens with one attached hydrogen (secondary N) is 3. The summed E-state index contributed by atoms with van der Waals surface area (Å²) in [6, 6.07) is 19.6. The van der Waals surface area contributed by atoms with Crippen LogP contribution < -0.4 is 16.0 Å². The first-order valence-electron chi connectivity index (χ1n) is 9.51. The Hall–Kier alpha value is -3.45. The number of likely N-dealkylation sites (N-methyl/N-ethyl adjacent to an activating group) is 1. The number of hydrogen-bond donors (Lipinski definition) is 3. The van der Waals surface area contributed by atoms with E-state index in [9.17, 15) is 4.79 Å². The van der Waals surface area contributed by atoms with Gasteiger partial charge in [0.25, 0.3) is 0 Å². The lowest BCUT2D eigenvalue weighted by molar-refractivity contribution is -0.116. The summed E-state index contributed by atoms with van der Waals surface area (Å²) >= 11 is 0. The molecule has 0 spiro atoms. The van der Waals surface area contributed by atoms with Gasteiger partial charge in [0, 0.05) is 24.1 Å². The van der Waals surface area contributed by atoms with Gasteiger partial charge in [-0.25, -0.2) is 4.98 Å². The summed E-state index contributed by atoms with van der Waals surface area (Å²) in [5.74, 6) is 1.19. The Bertz CT molecular complexity index is 929. The van der Waals surface area contributed by atoms with E-state index in [1.54, 1.807) is 6.20 Å². The fourth-order valence-electron chi connectivity index (χ4n) is 2.79. The number of rotatable bonds is 9. The van der Waals surface area contributed by atoms with Crippen molar-refractivity contribution in [3.05, 3.63) is 72.4 Å². The molecule has 3 N–H and O–H groups in total. The average molecular weight is 390 g/mol. The van der Waals surface area contributed by atoms with Gasteiger partial charge in [0.2, 0.25) is 11.9 Å². The summed E-state index contributed by atoms with van der Waals surface area (Å²) in [4.78, 5) is 22.5. The maximum absolute atomic E-state index is 11.9. The SMILES string of the molecule is CN(C)CC(=O)Nc1cccc(Nc2nccc(NCCc3ccccc3)n2)c1. The van der Waals surface area contributed by atoms with Crippen molar-refractivity contribution in [1.29, 1.82) is 0 Å². The number of carbonyl (C=O) groups excluding carboxylic acids is 1. The Labute approximate surface area is 171 Å². The number of carbonyl (C=O) groups is 1. The molecule has 0 aliphatic heterocycles. The highest BCUT2D eigenvalue weighted by Gasteiger charge is 2.05. The van der Waals surface area contributed by atoms with Crippen LogP contribution >= 0.6 is 0 Å². The fraction of sp³-hybridized carbons (Fsp3) is 0.227. The third-order valence-corrected chi connectivity index (χ3v) is 4.08. The predicted octanol–water partition coefficient (Wildman–Crippen LogP) is 3.37. The van der Waals surface area contributed by atoms with Gasteiger partial charge in [-0.15, -0.1) is 0 Å². The summed E-state index contributed by atoms with van der Waals surface area (Å²) in [5.41, 5.74) is 2.80. The first kappa shape index (κ1) is 20.3. The quantitative estimate of drug-likeness (QED) is 0.520. The van der Waals surface area contributed by atoms with Crippen LogP contribution in [0.3, 0.4) is 0 Å². The molecule has 1 heterocycles. The van der Waals surface area contributed by atoms with Crippen molar-refractivity contribution in [3.63, 3.8) is 0 Å². The average Bonchev–Trinajstić information content (AvgIpc) is 2.69. The summed E-state index contributed by atoms with van der Waals surface area (Å²) in [6.07, 6.45) is 2.63. The fourth-order valence-corrected chi connectivity index (χ4v) is 2.79. The lowest BCUT2D eigenvalue weighted by atomic mass is 10.1. The normalized spacial score (nSPS) is 10.6. The lowest BCUT2D eigenvalue weighted by Gasteiger charge is -2.12. The molecule has 2 aromatic carbocycles. The molecule has 3 aromatic rings. The van der Waals surface area contributed by atoms with Crippen LogP contribution in [0.4, 0.5) is 23.1 Å². The van der Waals surface area contributed by atoms with Gasteiger partial charge in [0.15, 0.2) is 0 Å². The lowest BCUT2D eigenvalue weighted by Crippen LogP contribution is -2.27. The molecule has 7 heteroatoms. The van der Waals surface area contributed by atoms with Crippen LogP contribution in [0.5, 0.6) is 0 Å². The number of nitrogens with zero attached hydrogens (tertiary/aromatic N) is 3.